The summed E-state index contributed by atoms with van der Waals surface area (Å²) < 4.78 is 0. The van der Waals surface area contributed by atoms with Crippen LogP contribution >= 0.6 is 0 Å². The summed E-state index contributed by atoms with van der Waals surface area (Å²) in [5.41, 5.74) is 9.06. The minimum Gasteiger partial charge on any atom is -0.326 e. The highest BCUT2D eigenvalue weighted by Crippen LogP contribution is 2.78. The maximum absolute atomic E-state index is 12.2. The summed E-state index contributed by atoms with van der Waals surface area (Å²) in [6.45, 7) is 8.22. The van der Waals surface area contributed by atoms with Gasteiger partial charge in [-0.25, -0.2) is 0 Å². The lowest BCUT2D eigenvalue weighted by Crippen LogP contribution is -2.66. The number of nitrogens with one attached hydrogen (secondary N) is 2. The molecule has 0 spiro atoms. The Hall–Kier alpha value is -2.62. The van der Waals surface area contributed by atoms with Gasteiger partial charge in [0.05, 0.1) is 0 Å². The van der Waals surface area contributed by atoms with Gasteiger partial charge in [0, 0.05) is 24.2 Å². The van der Waals surface area contributed by atoms with Crippen molar-refractivity contribution < 1.29 is 9.59 Å². The van der Waals surface area contributed by atoms with Crippen LogP contribution in [-0.4, -0.2) is 11.8 Å². The molecule has 8 fully saturated rings. The quantitative estimate of drug-likeness (QED) is 0.336. The SMILES string of the molecule is CCC(=O)Nc1ccc(C23CC4CC(C2)CC(C25CC6CC(CC(c7ccc(NC(=O)CC)c(C)c7)(C6)C2)C5)(C4)C3)cc1C. The van der Waals surface area contributed by atoms with Gasteiger partial charge in [-0.15, -0.1) is 0 Å². The second kappa shape index (κ2) is 9.94. The molecule has 4 heteroatoms. The molecule has 8 saturated carbocycles. The number of anilines is 2. The van der Waals surface area contributed by atoms with Crippen molar-refractivity contribution in [2.24, 2.45) is 34.5 Å². The Bertz CT molecular complexity index is 1380. The third-order valence-electron chi connectivity index (χ3n) is 14.1. The molecule has 8 aliphatic carbocycles. The van der Waals surface area contributed by atoms with Gasteiger partial charge in [0.25, 0.3) is 0 Å². The first-order valence-electron chi connectivity index (χ1n) is 17.9. The van der Waals surface area contributed by atoms with E-state index in [2.05, 4.69) is 60.9 Å². The lowest BCUT2D eigenvalue weighted by molar-refractivity contribution is -0.212. The van der Waals surface area contributed by atoms with E-state index in [4.69, 9.17) is 0 Å². The van der Waals surface area contributed by atoms with Crippen LogP contribution in [0.5, 0.6) is 0 Å². The molecule has 0 aromatic heterocycles. The van der Waals surface area contributed by atoms with Crippen molar-refractivity contribution in [1.29, 1.82) is 0 Å². The maximum atomic E-state index is 12.2. The zero-order valence-corrected chi connectivity index (χ0v) is 27.5. The van der Waals surface area contributed by atoms with Gasteiger partial charge in [-0.3, -0.25) is 9.59 Å². The molecule has 0 radical (unpaired) electrons. The third kappa shape index (κ3) is 4.28. The Morgan fingerprint density at radius 1 is 0.614 bits per heavy atom. The van der Waals surface area contributed by atoms with Crippen molar-refractivity contribution in [1.82, 2.24) is 0 Å². The van der Waals surface area contributed by atoms with Gasteiger partial charge in [-0.05, 0) is 171 Å². The average Bonchev–Trinajstić information content (AvgIpc) is 2.97. The normalized spacial score (nSPS) is 39.5. The molecule has 0 aliphatic heterocycles. The van der Waals surface area contributed by atoms with E-state index in [0.717, 1.165) is 35.0 Å². The second-order valence-corrected chi connectivity index (χ2v) is 16.9. The van der Waals surface area contributed by atoms with Crippen LogP contribution in [-0.2, 0) is 20.4 Å². The molecule has 8 aliphatic rings. The van der Waals surface area contributed by atoms with Crippen molar-refractivity contribution in [2.45, 2.75) is 128 Å². The standard InChI is InChI=1S/C40H52N2O2/c1-5-35(43)41-33-9-7-31(11-25(33)3)37-15-27-13-28(16-37)20-39(19-27,23-37)40-21-29-14-30(22-40)18-38(17-29,24-40)32-8-10-34(26(4)12-32)42-36(44)6-2/h7-12,27-30H,5-6,13-24H2,1-4H3,(H,41,43)(H,42,44). The van der Waals surface area contributed by atoms with Gasteiger partial charge in [0.2, 0.25) is 11.8 Å². The van der Waals surface area contributed by atoms with E-state index in [0.29, 0.717) is 34.5 Å². The smallest absolute Gasteiger partial charge is 0.224 e. The molecule has 0 heterocycles. The lowest BCUT2D eigenvalue weighted by atomic mass is 9.30. The number of aryl methyl sites for hydroxylation is 2. The Morgan fingerprint density at radius 3 is 1.30 bits per heavy atom. The van der Waals surface area contributed by atoms with Gasteiger partial charge in [-0.1, -0.05) is 38.1 Å². The molecule has 2 aromatic carbocycles. The van der Waals surface area contributed by atoms with Crippen LogP contribution in [0.3, 0.4) is 0 Å². The molecule has 2 amide bonds. The number of benzene rings is 2. The van der Waals surface area contributed by atoms with Crippen LogP contribution in [0.4, 0.5) is 11.4 Å². The Balaban J connectivity index is 1.15. The average molecular weight is 593 g/mol. The molecule has 4 atom stereocenters. The summed E-state index contributed by atoms with van der Waals surface area (Å²) in [7, 11) is 0. The molecule has 10 rings (SSSR count). The summed E-state index contributed by atoms with van der Waals surface area (Å²) in [6, 6.07) is 14.1. The molecular formula is C40H52N2O2. The van der Waals surface area contributed by atoms with Crippen LogP contribution in [0.1, 0.15) is 126 Å². The Kier molecular flexibility index (Phi) is 6.51. The highest BCUT2D eigenvalue weighted by Gasteiger charge is 2.70. The lowest BCUT2D eigenvalue weighted by Gasteiger charge is -2.74. The molecule has 44 heavy (non-hydrogen) atoms. The minimum atomic E-state index is 0.0981. The molecular weight excluding hydrogens is 540 g/mol. The van der Waals surface area contributed by atoms with Gasteiger partial charge in [0.15, 0.2) is 0 Å². The molecule has 4 nitrogen and oxygen atoms in total. The molecule has 2 N–H and O–H groups in total. The molecule has 0 saturated heterocycles. The highest BCUT2D eigenvalue weighted by atomic mass is 16.2. The number of rotatable bonds is 7. The van der Waals surface area contributed by atoms with E-state index >= 15 is 0 Å². The van der Waals surface area contributed by atoms with Gasteiger partial charge in [0.1, 0.15) is 0 Å². The van der Waals surface area contributed by atoms with E-state index in [1.165, 1.54) is 88.2 Å². The first-order chi connectivity index (χ1) is 21.1. The van der Waals surface area contributed by atoms with Crippen molar-refractivity contribution in [3.8, 4) is 0 Å². The van der Waals surface area contributed by atoms with E-state index in [9.17, 15) is 9.59 Å². The topological polar surface area (TPSA) is 58.2 Å². The molecule has 4 unspecified atom stereocenters. The first kappa shape index (κ1) is 28.8. The predicted molar refractivity (Wildman–Crippen MR) is 178 cm³/mol. The fraction of sp³-hybridized carbons (Fsp3) is 0.650. The monoisotopic (exact) mass is 592 g/mol. The fourth-order valence-electron chi connectivity index (χ4n) is 13.2. The van der Waals surface area contributed by atoms with E-state index in [-0.39, 0.29) is 11.8 Å². The van der Waals surface area contributed by atoms with E-state index < -0.39 is 0 Å². The van der Waals surface area contributed by atoms with Crippen molar-refractivity contribution >= 4 is 23.2 Å². The van der Waals surface area contributed by atoms with E-state index in [1.54, 1.807) is 11.1 Å². The Morgan fingerprint density at radius 2 is 0.977 bits per heavy atom. The number of amides is 2. The van der Waals surface area contributed by atoms with Crippen LogP contribution in [0, 0.1) is 48.3 Å². The maximum Gasteiger partial charge on any atom is 0.224 e. The number of carbonyl (C=O) groups is 2. The van der Waals surface area contributed by atoms with Crippen molar-refractivity contribution in [3.05, 3.63) is 58.7 Å². The highest BCUT2D eigenvalue weighted by molar-refractivity contribution is 5.91. The number of hydrogen-bond acceptors (Lipinski definition) is 2. The van der Waals surface area contributed by atoms with Gasteiger partial charge < -0.3 is 10.6 Å². The zero-order chi connectivity index (χ0) is 30.5. The molecule has 2 aromatic rings. The Labute approximate surface area is 264 Å². The van der Waals surface area contributed by atoms with Crippen LogP contribution in [0.2, 0.25) is 0 Å². The third-order valence-corrected chi connectivity index (χ3v) is 14.1. The van der Waals surface area contributed by atoms with Crippen molar-refractivity contribution in [2.75, 3.05) is 10.6 Å². The fourth-order valence-corrected chi connectivity index (χ4v) is 13.2. The summed E-state index contributed by atoms with van der Waals surface area (Å²) in [5, 5.41) is 6.27. The zero-order valence-electron chi connectivity index (χ0n) is 27.5. The predicted octanol–water partition coefficient (Wildman–Crippen LogP) is 9.38. The molecule has 234 valence electrons. The number of carbonyl (C=O) groups excluding carboxylic acids is 2. The summed E-state index contributed by atoms with van der Waals surface area (Å²) >= 11 is 0. The second-order valence-electron chi connectivity index (χ2n) is 16.9. The van der Waals surface area contributed by atoms with Crippen molar-refractivity contribution in [3.63, 3.8) is 0 Å². The van der Waals surface area contributed by atoms with Gasteiger partial charge >= 0.3 is 0 Å². The van der Waals surface area contributed by atoms with Gasteiger partial charge in [-0.2, -0.15) is 0 Å². The summed E-state index contributed by atoms with van der Waals surface area (Å²) in [5.74, 6) is 3.65. The minimum absolute atomic E-state index is 0.0981. The first-order valence-corrected chi connectivity index (χ1v) is 17.9. The van der Waals surface area contributed by atoms with Crippen LogP contribution in [0.25, 0.3) is 0 Å². The number of hydrogen-bond donors (Lipinski definition) is 2. The van der Waals surface area contributed by atoms with Crippen LogP contribution < -0.4 is 10.6 Å². The van der Waals surface area contributed by atoms with E-state index in [1.807, 2.05) is 13.8 Å². The largest absolute Gasteiger partial charge is 0.326 e. The van der Waals surface area contributed by atoms with Crippen LogP contribution in [0.15, 0.2) is 36.4 Å². The summed E-state index contributed by atoms with van der Waals surface area (Å²) in [4.78, 5) is 24.4. The summed E-state index contributed by atoms with van der Waals surface area (Å²) in [6.07, 6.45) is 18.0. The molecule has 8 bridgehead atoms.